The molecule has 0 fully saturated rings. The van der Waals surface area contributed by atoms with E-state index >= 15 is 0 Å². The van der Waals surface area contributed by atoms with Crippen LogP contribution in [-0.2, 0) is 16.0 Å². The lowest BCUT2D eigenvalue weighted by Crippen LogP contribution is -2.13. The zero-order valence-electron chi connectivity index (χ0n) is 20.3. The first-order chi connectivity index (χ1) is 16.7. The Hall–Kier alpha value is -3.07. The fourth-order valence-electron chi connectivity index (χ4n) is 3.29. The molecule has 0 radical (unpaired) electrons. The highest BCUT2D eigenvalue weighted by molar-refractivity contribution is 6.31. The molecule has 7 nitrogen and oxygen atoms in total. The maximum atomic E-state index is 13.6. The minimum atomic E-state index is -0.504. The second-order valence-electron chi connectivity index (χ2n) is 8.53. The zero-order valence-corrected chi connectivity index (χ0v) is 21.1. The third kappa shape index (κ3) is 7.99. The van der Waals surface area contributed by atoms with Crippen molar-refractivity contribution in [2.75, 3.05) is 39.2 Å². The Bertz CT molecular complexity index is 1200. The molecular weight excluding hydrogens is 471 g/mol. The second kappa shape index (κ2) is 12.6. The smallest absolute Gasteiger partial charge is 0.159 e. The van der Waals surface area contributed by atoms with Crippen molar-refractivity contribution in [3.8, 4) is 5.75 Å². The monoisotopic (exact) mass is 500 g/mol. The average molecular weight is 501 g/mol. The van der Waals surface area contributed by atoms with E-state index in [1.165, 1.54) is 18.5 Å². The molecule has 0 saturated carbocycles. The van der Waals surface area contributed by atoms with Gasteiger partial charge in [-0.25, -0.2) is 14.4 Å². The number of allylic oxidation sites excluding steroid dienone is 1. The van der Waals surface area contributed by atoms with Crippen molar-refractivity contribution < 1.29 is 18.7 Å². The number of nitrogens with one attached hydrogen (secondary N) is 1. The summed E-state index contributed by atoms with van der Waals surface area (Å²) < 4.78 is 25.1. The van der Waals surface area contributed by atoms with Crippen molar-refractivity contribution >= 4 is 39.8 Å². The van der Waals surface area contributed by atoms with Gasteiger partial charge in [0.25, 0.3) is 0 Å². The highest BCUT2D eigenvalue weighted by Gasteiger charge is 2.14. The minimum Gasteiger partial charge on any atom is -0.491 e. The van der Waals surface area contributed by atoms with Crippen LogP contribution >= 0.6 is 11.6 Å². The van der Waals surface area contributed by atoms with Crippen molar-refractivity contribution in [3.63, 3.8) is 0 Å². The lowest BCUT2D eigenvalue weighted by molar-refractivity contribution is -0.114. The number of hydrogen-bond acceptors (Lipinski definition) is 7. The molecule has 0 unspecified atom stereocenters. The van der Waals surface area contributed by atoms with Gasteiger partial charge in [-0.05, 0) is 58.3 Å². The second-order valence-corrected chi connectivity index (χ2v) is 8.94. The summed E-state index contributed by atoms with van der Waals surface area (Å²) in [6.07, 6.45) is 5.08. The van der Waals surface area contributed by atoms with E-state index in [2.05, 4.69) is 15.3 Å². The number of carbonyl (C=O) groups is 1. The van der Waals surface area contributed by atoms with E-state index in [4.69, 9.17) is 21.1 Å². The maximum absolute atomic E-state index is 13.6. The summed E-state index contributed by atoms with van der Waals surface area (Å²) in [4.78, 5) is 23.3. The van der Waals surface area contributed by atoms with Crippen molar-refractivity contribution in [2.24, 2.45) is 0 Å². The highest BCUT2D eigenvalue weighted by Crippen LogP contribution is 2.31. The van der Waals surface area contributed by atoms with Gasteiger partial charge in [-0.15, -0.1) is 0 Å². The van der Waals surface area contributed by atoms with Crippen LogP contribution in [0.25, 0.3) is 10.9 Å². The summed E-state index contributed by atoms with van der Waals surface area (Å²) >= 11 is 5.92. The third-order valence-corrected chi connectivity index (χ3v) is 5.22. The van der Waals surface area contributed by atoms with E-state index in [1.54, 1.807) is 18.2 Å². The molecule has 1 aromatic heterocycles. The molecule has 0 aliphatic carbocycles. The third-order valence-electron chi connectivity index (χ3n) is 4.93. The molecule has 3 aromatic rings. The Kier molecular flexibility index (Phi) is 9.54. The molecule has 35 heavy (non-hydrogen) atoms. The SMILES string of the molecule is CC(C)OCCOc1cc2ncnc(Nc3ccc(F)c(Cl)c3)c2cc1CC(=O)/C=C/CN(C)C. The molecule has 1 N–H and O–H groups in total. The van der Waals surface area contributed by atoms with Crippen LogP contribution in [0.15, 0.2) is 48.8 Å². The fourth-order valence-corrected chi connectivity index (χ4v) is 3.47. The van der Waals surface area contributed by atoms with E-state index in [9.17, 15) is 9.18 Å². The van der Waals surface area contributed by atoms with E-state index < -0.39 is 5.82 Å². The molecule has 0 spiro atoms. The van der Waals surface area contributed by atoms with Gasteiger partial charge in [-0.2, -0.15) is 0 Å². The number of rotatable bonds is 12. The van der Waals surface area contributed by atoms with Crippen LogP contribution in [0, 0.1) is 5.82 Å². The fraction of sp³-hybridized carbons (Fsp3) is 0.346. The quantitative estimate of drug-likeness (QED) is 0.270. The lowest BCUT2D eigenvalue weighted by Gasteiger charge is -2.15. The molecule has 0 aliphatic heterocycles. The van der Waals surface area contributed by atoms with Crippen molar-refractivity contribution in [1.82, 2.24) is 14.9 Å². The standard InChI is InChI=1S/C26H30ClFN4O3/c1-17(2)34-10-11-35-25-15-24-21(13-18(25)12-20(33)6-5-9-32(3)4)26(30-16-29-24)31-19-7-8-23(28)22(27)14-19/h5-8,13-17H,9-12H2,1-4H3,(H,29,30,31)/b6-5+. The first-order valence-corrected chi connectivity index (χ1v) is 11.7. The first-order valence-electron chi connectivity index (χ1n) is 11.3. The summed E-state index contributed by atoms with van der Waals surface area (Å²) in [7, 11) is 3.87. The molecule has 0 atom stereocenters. The van der Waals surface area contributed by atoms with Crippen LogP contribution < -0.4 is 10.1 Å². The van der Waals surface area contributed by atoms with Crippen LogP contribution in [-0.4, -0.2) is 60.6 Å². The van der Waals surface area contributed by atoms with Gasteiger partial charge in [0.1, 0.15) is 30.3 Å². The number of aromatic nitrogens is 2. The number of ether oxygens (including phenoxy) is 2. The summed E-state index contributed by atoms with van der Waals surface area (Å²) in [5.74, 6) is 0.514. The zero-order chi connectivity index (χ0) is 25.4. The summed E-state index contributed by atoms with van der Waals surface area (Å²) in [5.41, 5.74) is 1.91. The topological polar surface area (TPSA) is 76.6 Å². The van der Waals surface area contributed by atoms with Gasteiger partial charge in [0.05, 0.1) is 23.3 Å². The molecule has 0 amide bonds. The summed E-state index contributed by atoms with van der Waals surface area (Å²) in [6.45, 7) is 5.35. The van der Waals surface area contributed by atoms with E-state index in [-0.39, 0.29) is 23.3 Å². The number of fused-ring (bicyclic) bond motifs is 1. The largest absolute Gasteiger partial charge is 0.491 e. The predicted molar refractivity (Wildman–Crippen MR) is 137 cm³/mol. The van der Waals surface area contributed by atoms with Gasteiger partial charge in [-0.3, -0.25) is 4.79 Å². The van der Waals surface area contributed by atoms with Crippen LogP contribution in [0.3, 0.4) is 0 Å². The predicted octanol–water partition coefficient (Wildman–Crippen LogP) is 5.20. The molecule has 186 valence electrons. The number of likely N-dealkylation sites (N-methyl/N-ethyl adjacent to an activating group) is 1. The Morgan fingerprint density at radius 1 is 1.20 bits per heavy atom. The molecule has 0 bridgehead atoms. The number of benzene rings is 2. The van der Waals surface area contributed by atoms with E-state index in [1.807, 2.05) is 45.0 Å². The lowest BCUT2D eigenvalue weighted by atomic mass is 10.0. The van der Waals surface area contributed by atoms with Gasteiger partial charge in [-0.1, -0.05) is 17.7 Å². The number of carbonyl (C=O) groups excluding carboxylic acids is 1. The van der Waals surface area contributed by atoms with Crippen LogP contribution in [0.4, 0.5) is 15.9 Å². The van der Waals surface area contributed by atoms with Gasteiger partial charge >= 0.3 is 0 Å². The van der Waals surface area contributed by atoms with Crippen molar-refractivity contribution in [2.45, 2.75) is 26.4 Å². The normalized spacial score (nSPS) is 11.7. The highest BCUT2D eigenvalue weighted by atomic mass is 35.5. The van der Waals surface area contributed by atoms with Crippen LogP contribution in [0.1, 0.15) is 19.4 Å². The molecular formula is C26H30ClFN4O3. The number of hydrogen-bond donors (Lipinski definition) is 1. The molecule has 1 heterocycles. The molecule has 0 saturated heterocycles. The first kappa shape index (κ1) is 26.5. The molecule has 9 heteroatoms. The molecule has 2 aromatic carbocycles. The van der Waals surface area contributed by atoms with Crippen molar-refractivity contribution in [3.05, 3.63) is 65.2 Å². The molecule has 0 aliphatic rings. The van der Waals surface area contributed by atoms with Gasteiger partial charge in [0, 0.05) is 35.7 Å². The Labute approximate surface area is 209 Å². The maximum Gasteiger partial charge on any atom is 0.159 e. The van der Waals surface area contributed by atoms with Gasteiger partial charge in [0.2, 0.25) is 0 Å². The van der Waals surface area contributed by atoms with E-state index in [0.717, 1.165) is 0 Å². The van der Waals surface area contributed by atoms with Crippen LogP contribution in [0.2, 0.25) is 5.02 Å². The minimum absolute atomic E-state index is 0.00321. The van der Waals surface area contributed by atoms with Gasteiger partial charge < -0.3 is 19.7 Å². The van der Waals surface area contributed by atoms with Crippen LogP contribution in [0.5, 0.6) is 5.75 Å². The number of anilines is 2. The van der Waals surface area contributed by atoms with Gasteiger partial charge in [0.15, 0.2) is 5.78 Å². The van der Waals surface area contributed by atoms with E-state index in [0.29, 0.717) is 53.5 Å². The Balaban J connectivity index is 1.93. The molecule has 3 rings (SSSR count). The Morgan fingerprint density at radius 2 is 2.00 bits per heavy atom. The average Bonchev–Trinajstić information content (AvgIpc) is 2.79. The summed E-state index contributed by atoms with van der Waals surface area (Å²) in [6, 6.07) is 7.97. The number of nitrogens with zero attached hydrogens (tertiary/aromatic N) is 3. The number of halogens is 2. The van der Waals surface area contributed by atoms with Crippen molar-refractivity contribution in [1.29, 1.82) is 0 Å². The Morgan fingerprint density at radius 3 is 2.71 bits per heavy atom. The number of ketones is 1. The summed E-state index contributed by atoms with van der Waals surface area (Å²) in [5, 5.41) is 3.86.